The van der Waals surface area contributed by atoms with Gasteiger partial charge in [-0.3, -0.25) is 9.59 Å². The van der Waals surface area contributed by atoms with Crippen molar-refractivity contribution in [3.8, 4) is 5.75 Å². The Balaban J connectivity index is 2.72. The molecule has 0 saturated heterocycles. The van der Waals surface area contributed by atoms with E-state index in [1.165, 1.54) is 11.0 Å². The van der Waals surface area contributed by atoms with Crippen LogP contribution in [0.15, 0.2) is 30.3 Å². The average Bonchev–Trinajstić information content (AvgIpc) is 2.62. The molecule has 0 aliphatic carbocycles. The molecule has 6 heteroatoms. The molecule has 0 aliphatic rings. The van der Waals surface area contributed by atoms with Crippen LogP contribution in [-0.4, -0.2) is 54.8 Å². The topological polar surface area (TPSA) is 76.1 Å². The quantitative estimate of drug-likeness (QED) is 0.490. The van der Waals surface area contributed by atoms with Gasteiger partial charge in [-0.25, -0.2) is 0 Å². The smallest absolute Gasteiger partial charge is 0.307 e. The minimum absolute atomic E-state index is 0.101. The van der Waals surface area contributed by atoms with Crippen LogP contribution in [0.3, 0.4) is 0 Å². The number of nitrogens with zero attached hydrogens (tertiary/aromatic N) is 1. The summed E-state index contributed by atoms with van der Waals surface area (Å²) >= 11 is 0. The van der Waals surface area contributed by atoms with Crippen LogP contribution in [0.5, 0.6) is 5.75 Å². The predicted molar refractivity (Wildman–Crippen MR) is 96.2 cm³/mol. The van der Waals surface area contributed by atoms with Crippen LogP contribution in [-0.2, 0) is 14.3 Å². The fourth-order valence-corrected chi connectivity index (χ4v) is 2.14. The van der Waals surface area contributed by atoms with E-state index in [0.717, 1.165) is 12.0 Å². The molecule has 1 aromatic rings. The van der Waals surface area contributed by atoms with Gasteiger partial charge in [0.15, 0.2) is 0 Å². The molecule has 0 aliphatic heterocycles. The molecule has 0 heterocycles. The second-order valence-corrected chi connectivity index (χ2v) is 5.32. The molecular formula is C19H27NO5. The number of ether oxygens (including phenoxy) is 2. The van der Waals surface area contributed by atoms with Gasteiger partial charge in [-0.15, -0.1) is 0 Å². The largest absolute Gasteiger partial charge is 0.493 e. The van der Waals surface area contributed by atoms with E-state index in [0.29, 0.717) is 19.0 Å². The molecule has 1 rings (SSSR count). The van der Waals surface area contributed by atoms with Crippen LogP contribution < -0.4 is 4.74 Å². The molecule has 0 atom stereocenters. The molecule has 138 valence electrons. The number of aliphatic hydroxyl groups is 1. The monoisotopic (exact) mass is 349 g/mol. The molecule has 0 unspecified atom stereocenters. The van der Waals surface area contributed by atoms with Gasteiger partial charge in [-0.1, -0.05) is 25.1 Å². The van der Waals surface area contributed by atoms with Crippen LogP contribution in [0, 0.1) is 0 Å². The lowest BCUT2D eigenvalue weighted by molar-refractivity contribution is -0.143. The molecule has 0 spiro atoms. The van der Waals surface area contributed by atoms with Crippen molar-refractivity contribution < 1.29 is 24.2 Å². The minimum Gasteiger partial charge on any atom is -0.493 e. The normalized spacial score (nSPS) is 10.7. The van der Waals surface area contributed by atoms with E-state index in [1.807, 2.05) is 31.2 Å². The Hall–Kier alpha value is -2.34. The zero-order valence-electron chi connectivity index (χ0n) is 14.9. The second kappa shape index (κ2) is 12.1. The van der Waals surface area contributed by atoms with E-state index >= 15 is 0 Å². The Labute approximate surface area is 149 Å². The Morgan fingerprint density at radius 2 is 1.96 bits per heavy atom. The minimum atomic E-state index is -0.361. The second-order valence-electron chi connectivity index (χ2n) is 5.32. The number of hydrogen-bond donors (Lipinski definition) is 1. The first-order valence-corrected chi connectivity index (χ1v) is 8.57. The molecule has 0 bridgehead atoms. The molecule has 0 aromatic heterocycles. The standard InChI is InChI=1S/C19H27NO5/c1-3-15-25-17-8-6-5-7-16(17)9-10-18(22)20(13-14-21)12-11-19(23)24-4-2/h5-10,21H,3-4,11-15H2,1-2H3/b10-9+. The molecule has 1 N–H and O–H groups in total. The van der Waals surface area contributed by atoms with Gasteiger partial charge >= 0.3 is 5.97 Å². The van der Waals surface area contributed by atoms with Gasteiger partial charge < -0.3 is 19.5 Å². The molecule has 1 aromatic carbocycles. The summed E-state index contributed by atoms with van der Waals surface area (Å²) in [6.45, 7) is 4.87. The van der Waals surface area contributed by atoms with Crippen molar-refractivity contribution in [3.63, 3.8) is 0 Å². The van der Waals surface area contributed by atoms with Gasteiger partial charge in [0.1, 0.15) is 5.75 Å². The Morgan fingerprint density at radius 1 is 1.20 bits per heavy atom. The lowest BCUT2D eigenvalue weighted by Crippen LogP contribution is -2.34. The van der Waals surface area contributed by atoms with Gasteiger partial charge in [-0.2, -0.15) is 0 Å². The number of para-hydroxylation sites is 1. The third kappa shape index (κ3) is 7.85. The number of carbonyl (C=O) groups excluding carboxylic acids is 2. The zero-order valence-corrected chi connectivity index (χ0v) is 14.9. The fourth-order valence-electron chi connectivity index (χ4n) is 2.14. The van der Waals surface area contributed by atoms with Crippen LogP contribution in [0.1, 0.15) is 32.3 Å². The van der Waals surface area contributed by atoms with Gasteiger partial charge in [0.2, 0.25) is 5.91 Å². The molecule has 0 radical (unpaired) electrons. The highest BCUT2D eigenvalue weighted by atomic mass is 16.5. The van der Waals surface area contributed by atoms with E-state index in [9.17, 15) is 9.59 Å². The number of aliphatic hydroxyl groups excluding tert-OH is 1. The van der Waals surface area contributed by atoms with Crippen molar-refractivity contribution in [3.05, 3.63) is 35.9 Å². The summed E-state index contributed by atoms with van der Waals surface area (Å²) in [5.74, 6) is 0.0813. The number of carbonyl (C=O) groups is 2. The molecular weight excluding hydrogens is 322 g/mol. The highest BCUT2D eigenvalue weighted by molar-refractivity contribution is 5.92. The zero-order chi connectivity index (χ0) is 18.5. The summed E-state index contributed by atoms with van der Waals surface area (Å²) in [4.78, 5) is 25.2. The highest BCUT2D eigenvalue weighted by Crippen LogP contribution is 2.19. The number of amides is 1. The van der Waals surface area contributed by atoms with Crippen molar-refractivity contribution in [2.75, 3.05) is 32.9 Å². The summed E-state index contributed by atoms with van der Waals surface area (Å²) in [7, 11) is 0. The SMILES string of the molecule is CCCOc1ccccc1/C=C/C(=O)N(CCO)CCC(=O)OCC. The lowest BCUT2D eigenvalue weighted by atomic mass is 10.2. The Morgan fingerprint density at radius 3 is 2.64 bits per heavy atom. The average molecular weight is 349 g/mol. The van der Waals surface area contributed by atoms with Crippen LogP contribution in [0.2, 0.25) is 0 Å². The van der Waals surface area contributed by atoms with Crippen molar-refractivity contribution in [1.29, 1.82) is 0 Å². The first kappa shape index (κ1) is 20.7. The Bertz CT molecular complexity index is 571. The molecule has 0 saturated carbocycles. The van der Waals surface area contributed by atoms with Gasteiger partial charge in [0, 0.05) is 24.7 Å². The van der Waals surface area contributed by atoms with Crippen molar-refractivity contribution in [2.24, 2.45) is 0 Å². The predicted octanol–water partition coefficient (Wildman–Crippen LogP) is 2.26. The molecule has 1 amide bonds. The molecule has 6 nitrogen and oxygen atoms in total. The summed E-state index contributed by atoms with van der Waals surface area (Å²) in [5, 5.41) is 9.13. The molecule has 0 fully saturated rings. The van der Waals surface area contributed by atoms with Crippen LogP contribution in [0.4, 0.5) is 0 Å². The van der Waals surface area contributed by atoms with E-state index in [1.54, 1.807) is 13.0 Å². The van der Waals surface area contributed by atoms with Crippen LogP contribution >= 0.6 is 0 Å². The lowest BCUT2D eigenvalue weighted by Gasteiger charge is -2.19. The van der Waals surface area contributed by atoms with Gasteiger partial charge in [0.05, 0.1) is 26.2 Å². The first-order valence-electron chi connectivity index (χ1n) is 8.57. The van der Waals surface area contributed by atoms with Crippen molar-refractivity contribution in [2.45, 2.75) is 26.7 Å². The first-order chi connectivity index (χ1) is 12.1. The summed E-state index contributed by atoms with van der Waals surface area (Å²) in [6.07, 6.45) is 4.11. The summed E-state index contributed by atoms with van der Waals surface area (Å²) < 4.78 is 10.5. The molecule has 25 heavy (non-hydrogen) atoms. The van der Waals surface area contributed by atoms with Crippen molar-refractivity contribution >= 4 is 18.0 Å². The van der Waals surface area contributed by atoms with Gasteiger partial charge in [-0.05, 0) is 25.5 Å². The van der Waals surface area contributed by atoms with E-state index in [4.69, 9.17) is 14.6 Å². The number of hydrogen-bond acceptors (Lipinski definition) is 5. The van der Waals surface area contributed by atoms with Crippen molar-refractivity contribution in [1.82, 2.24) is 4.90 Å². The summed E-state index contributed by atoms with van der Waals surface area (Å²) in [6, 6.07) is 7.46. The fraction of sp³-hybridized carbons (Fsp3) is 0.474. The van der Waals surface area contributed by atoms with E-state index < -0.39 is 0 Å². The van der Waals surface area contributed by atoms with E-state index in [2.05, 4.69) is 0 Å². The third-order valence-electron chi connectivity index (χ3n) is 3.36. The highest BCUT2D eigenvalue weighted by Gasteiger charge is 2.13. The Kier molecular flexibility index (Phi) is 10.0. The maximum absolute atomic E-state index is 12.3. The maximum Gasteiger partial charge on any atom is 0.307 e. The third-order valence-corrected chi connectivity index (χ3v) is 3.36. The summed E-state index contributed by atoms with van der Waals surface area (Å²) in [5.41, 5.74) is 0.804. The number of benzene rings is 1. The number of esters is 1. The maximum atomic E-state index is 12.3. The van der Waals surface area contributed by atoms with Crippen LogP contribution in [0.25, 0.3) is 6.08 Å². The van der Waals surface area contributed by atoms with Gasteiger partial charge in [0.25, 0.3) is 0 Å². The van der Waals surface area contributed by atoms with E-state index in [-0.39, 0.29) is 38.0 Å². The number of rotatable bonds is 11.